The normalized spacial score (nSPS) is 17.0. The van der Waals surface area contributed by atoms with Crippen LogP contribution in [-0.4, -0.2) is 46.8 Å². The van der Waals surface area contributed by atoms with Gasteiger partial charge in [0.2, 0.25) is 5.91 Å². The Hall–Kier alpha value is -2.39. The number of amides is 1. The van der Waals surface area contributed by atoms with Crippen molar-refractivity contribution in [1.82, 2.24) is 9.88 Å². The minimum Gasteiger partial charge on any atom is -0.387 e. The van der Waals surface area contributed by atoms with Gasteiger partial charge in [-0.3, -0.25) is 9.78 Å². The molecule has 1 heterocycles. The van der Waals surface area contributed by atoms with Crippen LogP contribution in [0.1, 0.15) is 22.9 Å². The van der Waals surface area contributed by atoms with Crippen LogP contribution in [0, 0.1) is 5.82 Å². The number of likely N-dealkylation sites (N-methyl/N-ethyl adjacent to an activating group) is 1. The first kappa shape index (κ1) is 21.3. The molecular formula is C19H18ClF4N3O2. The van der Waals surface area contributed by atoms with Gasteiger partial charge in [-0.05, 0) is 42.2 Å². The van der Waals surface area contributed by atoms with Crippen LogP contribution in [0.5, 0.6) is 0 Å². The summed E-state index contributed by atoms with van der Waals surface area (Å²) in [5.41, 5.74) is 1.45. The van der Waals surface area contributed by atoms with Crippen LogP contribution < -0.4 is 5.32 Å². The highest BCUT2D eigenvalue weighted by molar-refractivity contribution is 6.30. The lowest BCUT2D eigenvalue weighted by molar-refractivity contribution is -0.190. The molecule has 1 aromatic carbocycles. The van der Waals surface area contributed by atoms with E-state index in [1.807, 2.05) is 0 Å². The maximum Gasteiger partial charge on any atom is 0.414 e. The lowest BCUT2D eigenvalue weighted by atomic mass is 10.1. The highest BCUT2D eigenvalue weighted by Gasteiger charge is 2.46. The van der Waals surface area contributed by atoms with E-state index < -0.39 is 30.5 Å². The number of nitrogens with one attached hydrogen (secondary N) is 1. The maximum atomic E-state index is 14.1. The summed E-state index contributed by atoms with van der Waals surface area (Å²) in [4.78, 5) is 15.8. The fourth-order valence-corrected chi connectivity index (χ4v) is 3.64. The van der Waals surface area contributed by atoms with E-state index >= 15 is 0 Å². The molecule has 0 fully saturated rings. The van der Waals surface area contributed by atoms with Gasteiger partial charge in [-0.1, -0.05) is 17.7 Å². The molecule has 0 spiro atoms. The van der Waals surface area contributed by atoms with E-state index in [1.165, 1.54) is 24.4 Å². The summed E-state index contributed by atoms with van der Waals surface area (Å²) in [7, 11) is 0.958. The molecule has 0 bridgehead atoms. The Morgan fingerprint density at radius 1 is 1.34 bits per heavy atom. The molecule has 1 aliphatic carbocycles. The monoisotopic (exact) mass is 431 g/mol. The highest BCUT2D eigenvalue weighted by atomic mass is 35.5. The van der Waals surface area contributed by atoms with Crippen molar-refractivity contribution in [2.75, 3.05) is 19.0 Å². The molecule has 0 saturated carbocycles. The quantitative estimate of drug-likeness (QED) is 0.711. The minimum atomic E-state index is -4.76. The number of carbonyl (C=O) groups excluding carboxylic acids is 1. The second kappa shape index (κ2) is 8.16. The second-order valence-electron chi connectivity index (χ2n) is 6.83. The van der Waals surface area contributed by atoms with Gasteiger partial charge in [-0.25, -0.2) is 4.39 Å². The summed E-state index contributed by atoms with van der Waals surface area (Å²) in [5.74, 6) is -1.52. The number of aliphatic hydroxyl groups is 1. The van der Waals surface area contributed by atoms with Crippen molar-refractivity contribution in [2.45, 2.75) is 31.1 Å². The summed E-state index contributed by atoms with van der Waals surface area (Å²) in [6.45, 7) is -1.04. The van der Waals surface area contributed by atoms with Gasteiger partial charge in [-0.2, -0.15) is 13.2 Å². The topological polar surface area (TPSA) is 65.5 Å². The molecule has 1 aromatic heterocycles. The first-order valence-corrected chi connectivity index (χ1v) is 9.11. The van der Waals surface area contributed by atoms with E-state index in [0.717, 1.165) is 12.6 Å². The molecular weight excluding hydrogens is 414 g/mol. The van der Waals surface area contributed by atoms with Crippen molar-refractivity contribution >= 4 is 23.2 Å². The maximum absolute atomic E-state index is 14.1. The molecule has 0 aliphatic heterocycles. The summed E-state index contributed by atoms with van der Waals surface area (Å²) in [6, 6.07) is 3.42. The average molecular weight is 432 g/mol. The molecule has 2 aromatic rings. The fourth-order valence-electron chi connectivity index (χ4n) is 3.46. The van der Waals surface area contributed by atoms with Gasteiger partial charge in [-0.15, -0.1) is 0 Å². The third-order valence-electron chi connectivity index (χ3n) is 4.87. The van der Waals surface area contributed by atoms with E-state index in [9.17, 15) is 22.4 Å². The lowest BCUT2D eigenvalue weighted by Crippen LogP contribution is -2.41. The number of nitrogens with zero attached hydrogens (tertiary/aromatic N) is 2. The zero-order valence-corrected chi connectivity index (χ0v) is 16.1. The molecule has 1 amide bonds. The number of fused-ring (bicyclic) bond motifs is 1. The van der Waals surface area contributed by atoms with Gasteiger partial charge in [0, 0.05) is 13.1 Å². The standard InChI is InChI=1S/C19H18ClF4N3O2/c1-27(16(29)9-28)18(19(22,23)24)15-5-3-11(8-25-15)26-12-6-10-2-4-14(20)17(21)13(10)7-12/h2-5,8,12,18,26,28H,6-7,9H2,1H3/t12?,18-/m0/s1. The summed E-state index contributed by atoms with van der Waals surface area (Å²) in [5, 5.41) is 12.0. The smallest absolute Gasteiger partial charge is 0.387 e. The third kappa shape index (κ3) is 4.45. The molecule has 156 valence electrons. The summed E-state index contributed by atoms with van der Waals surface area (Å²) >= 11 is 5.80. The predicted octanol–water partition coefficient (Wildman–Crippen LogP) is 3.51. The Kier molecular flexibility index (Phi) is 6.00. The van der Waals surface area contributed by atoms with Crippen molar-refractivity contribution in [3.8, 4) is 0 Å². The molecule has 2 N–H and O–H groups in total. The van der Waals surface area contributed by atoms with E-state index in [1.54, 1.807) is 6.07 Å². The number of pyridine rings is 1. The Morgan fingerprint density at radius 2 is 2.07 bits per heavy atom. The highest BCUT2D eigenvalue weighted by Crippen LogP contribution is 2.36. The Balaban J connectivity index is 1.75. The van der Waals surface area contributed by atoms with Crippen molar-refractivity contribution in [2.24, 2.45) is 0 Å². The van der Waals surface area contributed by atoms with Crippen LogP contribution in [0.3, 0.4) is 0 Å². The number of aliphatic hydroxyl groups excluding tert-OH is 1. The van der Waals surface area contributed by atoms with Gasteiger partial charge in [0.15, 0.2) is 6.04 Å². The number of hydrogen-bond donors (Lipinski definition) is 2. The fraction of sp³-hybridized carbons (Fsp3) is 0.368. The first-order chi connectivity index (χ1) is 13.6. The average Bonchev–Trinajstić information content (AvgIpc) is 3.08. The molecule has 1 aliphatic rings. The SMILES string of the molecule is CN(C(=O)CO)[C@@H](c1ccc(NC2Cc3ccc(Cl)c(F)c3C2)cn1)C(F)(F)F. The van der Waals surface area contributed by atoms with Crippen molar-refractivity contribution in [1.29, 1.82) is 0 Å². The number of alkyl halides is 3. The van der Waals surface area contributed by atoms with Crippen molar-refractivity contribution < 1.29 is 27.5 Å². The molecule has 0 radical (unpaired) electrons. The number of hydrogen-bond acceptors (Lipinski definition) is 4. The number of anilines is 1. The molecule has 2 atom stereocenters. The predicted molar refractivity (Wildman–Crippen MR) is 99.1 cm³/mol. The third-order valence-corrected chi connectivity index (χ3v) is 5.17. The summed E-state index contributed by atoms with van der Waals surface area (Å²) < 4.78 is 54.4. The van der Waals surface area contributed by atoms with Crippen LogP contribution in [-0.2, 0) is 17.6 Å². The number of benzene rings is 1. The van der Waals surface area contributed by atoms with Gasteiger partial charge in [0.05, 0.1) is 22.6 Å². The molecule has 3 rings (SSSR count). The Morgan fingerprint density at radius 3 is 2.66 bits per heavy atom. The Labute approximate surface area is 169 Å². The van der Waals surface area contributed by atoms with E-state index in [4.69, 9.17) is 16.7 Å². The Bertz CT molecular complexity index is 906. The van der Waals surface area contributed by atoms with Gasteiger partial charge in [0.25, 0.3) is 0 Å². The molecule has 0 saturated heterocycles. The number of aromatic nitrogens is 1. The van der Waals surface area contributed by atoms with Crippen molar-refractivity contribution in [3.05, 3.63) is 58.1 Å². The van der Waals surface area contributed by atoms with Crippen LogP contribution in [0.2, 0.25) is 5.02 Å². The number of carbonyl (C=O) groups is 1. The zero-order valence-electron chi connectivity index (χ0n) is 15.3. The van der Waals surface area contributed by atoms with Gasteiger partial charge >= 0.3 is 6.18 Å². The van der Waals surface area contributed by atoms with Gasteiger partial charge in [0.1, 0.15) is 12.4 Å². The minimum absolute atomic E-state index is 0.0511. The number of halogens is 5. The molecule has 5 nitrogen and oxygen atoms in total. The second-order valence-corrected chi connectivity index (χ2v) is 7.23. The van der Waals surface area contributed by atoms with E-state index in [2.05, 4.69) is 10.3 Å². The van der Waals surface area contributed by atoms with Crippen LogP contribution in [0.25, 0.3) is 0 Å². The van der Waals surface area contributed by atoms with Crippen LogP contribution in [0.4, 0.5) is 23.2 Å². The number of rotatable bonds is 5. The molecule has 10 heteroatoms. The first-order valence-electron chi connectivity index (χ1n) is 8.73. The van der Waals surface area contributed by atoms with Crippen LogP contribution >= 0.6 is 11.6 Å². The zero-order chi connectivity index (χ0) is 21.3. The van der Waals surface area contributed by atoms with E-state index in [-0.39, 0.29) is 16.8 Å². The van der Waals surface area contributed by atoms with Crippen molar-refractivity contribution in [3.63, 3.8) is 0 Å². The van der Waals surface area contributed by atoms with Crippen LogP contribution in [0.15, 0.2) is 30.5 Å². The molecule has 1 unspecified atom stereocenters. The van der Waals surface area contributed by atoms with Gasteiger partial charge < -0.3 is 15.3 Å². The van der Waals surface area contributed by atoms with E-state index in [0.29, 0.717) is 29.0 Å². The molecule has 29 heavy (non-hydrogen) atoms. The summed E-state index contributed by atoms with van der Waals surface area (Å²) in [6.07, 6.45) is -2.59. The lowest BCUT2D eigenvalue weighted by Gasteiger charge is -2.29. The largest absolute Gasteiger partial charge is 0.414 e.